The third-order valence-corrected chi connectivity index (χ3v) is 3.07. The van der Waals surface area contributed by atoms with Crippen molar-refractivity contribution in [2.24, 2.45) is 5.92 Å². The molecule has 0 radical (unpaired) electrons. The molecular formula is C11H12BrNO2. The number of Topliss-reactive ketones (excluding diaryl/α,β-unsaturated/α-hetero) is 1. The van der Waals surface area contributed by atoms with Crippen LogP contribution in [0.2, 0.25) is 0 Å². The van der Waals surface area contributed by atoms with Crippen molar-refractivity contribution in [3.05, 3.63) is 28.2 Å². The second kappa shape index (κ2) is 4.33. The minimum atomic E-state index is -0.0199. The minimum Gasteiger partial charge on any atom is -0.398 e. The van der Waals surface area contributed by atoms with Crippen molar-refractivity contribution in [1.29, 1.82) is 0 Å². The van der Waals surface area contributed by atoms with Gasteiger partial charge < -0.3 is 10.5 Å². The Kier molecular flexibility index (Phi) is 3.07. The zero-order valence-electron chi connectivity index (χ0n) is 8.20. The van der Waals surface area contributed by atoms with E-state index in [0.29, 0.717) is 24.5 Å². The first kappa shape index (κ1) is 10.6. The number of carbonyl (C=O) groups is 1. The number of halogens is 1. The molecule has 1 atom stereocenters. The second-order valence-electron chi connectivity index (χ2n) is 3.66. The zero-order valence-corrected chi connectivity index (χ0v) is 9.79. The average molecular weight is 270 g/mol. The standard InChI is InChI=1S/C11H12BrNO2/c12-8-1-2-9(10(13)5-8)11(14)7-3-4-15-6-7/h1-2,5,7H,3-4,6,13H2. The molecule has 4 heteroatoms. The molecule has 1 aliphatic rings. The van der Waals surface area contributed by atoms with E-state index in [1.165, 1.54) is 0 Å². The lowest BCUT2D eigenvalue weighted by Gasteiger charge is -2.09. The van der Waals surface area contributed by atoms with E-state index in [0.717, 1.165) is 10.9 Å². The van der Waals surface area contributed by atoms with Gasteiger partial charge in [0.1, 0.15) is 0 Å². The molecule has 2 rings (SSSR count). The first-order valence-corrected chi connectivity index (χ1v) is 5.65. The summed E-state index contributed by atoms with van der Waals surface area (Å²) in [5.74, 6) is 0.0750. The molecule has 80 valence electrons. The van der Waals surface area contributed by atoms with Crippen LogP contribution in [0.25, 0.3) is 0 Å². The Hall–Kier alpha value is -0.870. The van der Waals surface area contributed by atoms with E-state index in [2.05, 4.69) is 15.9 Å². The van der Waals surface area contributed by atoms with Crippen LogP contribution in [0.1, 0.15) is 16.8 Å². The summed E-state index contributed by atoms with van der Waals surface area (Å²) in [6.45, 7) is 1.20. The van der Waals surface area contributed by atoms with Crippen LogP contribution in [0.3, 0.4) is 0 Å². The highest BCUT2D eigenvalue weighted by Crippen LogP contribution is 2.24. The summed E-state index contributed by atoms with van der Waals surface area (Å²) in [6, 6.07) is 5.35. The quantitative estimate of drug-likeness (QED) is 0.662. The molecule has 0 aromatic heterocycles. The highest BCUT2D eigenvalue weighted by atomic mass is 79.9. The van der Waals surface area contributed by atoms with Crippen LogP contribution in [0.15, 0.2) is 22.7 Å². The van der Waals surface area contributed by atoms with Gasteiger partial charge in [0, 0.05) is 28.2 Å². The number of ketones is 1. The molecule has 15 heavy (non-hydrogen) atoms. The Bertz CT molecular complexity index is 386. The minimum absolute atomic E-state index is 0.0199. The number of benzene rings is 1. The fourth-order valence-electron chi connectivity index (χ4n) is 1.72. The van der Waals surface area contributed by atoms with Crippen molar-refractivity contribution >= 4 is 27.4 Å². The molecule has 0 saturated carbocycles. The predicted molar refractivity (Wildman–Crippen MR) is 61.8 cm³/mol. The summed E-state index contributed by atoms with van der Waals surface area (Å²) in [4.78, 5) is 12.0. The van der Waals surface area contributed by atoms with Crippen molar-refractivity contribution in [1.82, 2.24) is 0 Å². The molecule has 0 aliphatic carbocycles. The van der Waals surface area contributed by atoms with Gasteiger partial charge >= 0.3 is 0 Å². The van der Waals surface area contributed by atoms with Crippen LogP contribution in [0.5, 0.6) is 0 Å². The molecule has 2 N–H and O–H groups in total. The third-order valence-electron chi connectivity index (χ3n) is 2.58. The van der Waals surface area contributed by atoms with Gasteiger partial charge in [0.2, 0.25) is 0 Å². The SMILES string of the molecule is Nc1cc(Br)ccc1C(=O)C1CCOC1. The summed E-state index contributed by atoms with van der Waals surface area (Å²) in [5, 5.41) is 0. The first-order chi connectivity index (χ1) is 7.18. The van der Waals surface area contributed by atoms with Crippen LogP contribution in [-0.2, 0) is 4.74 Å². The lowest BCUT2D eigenvalue weighted by atomic mass is 9.96. The van der Waals surface area contributed by atoms with E-state index in [9.17, 15) is 4.79 Å². The molecular weight excluding hydrogens is 258 g/mol. The van der Waals surface area contributed by atoms with Gasteiger partial charge in [-0.3, -0.25) is 4.79 Å². The van der Waals surface area contributed by atoms with Crippen molar-refractivity contribution < 1.29 is 9.53 Å². The van der Waals surface area contributed by atoms with Gasteiger partial charge in [-0.25, -0.2) is 0 Å². The van der Waals surface area contributed by atoms with Crippen molar-refractivity contribution in [3.63, 3.8) is 0 Å². The van der Waals surface area contributed by atoms with Gasteiger partial charge in [-0.05, 0) is 24.6 Å². The molecule has 1 heterocycles. The fraction of sp³-hybridized carbons (Fsp3) is 0.364. The number of nitrogens with two attached hydrogens (primary N) is 1. The van der Waals surface area contributed by atoms with Crippen LogP contribution in [-0.4, -0.2) is 19.0 Å². The lowest BCUT2D eigenvalue weighted by Crippen LogP contribution is -2.16. The van der Waals surface area contributed by atoms with E-state index in [-0.39, 0.29) is 11.7 Å². The Morgan fingerprint density at radius 2 is 2.33 bits per heavy atom. The van der Waals surface area contributed by atoms with Gasteiger partial charge in [-0.15, -0.1) is 0 Å². The highest BCUT2D eigenvalue weighted by molar-refractivity contribution is 9.10. The van der Waals surface area contributed by atoms with Gasteiger partial charge in [-0.1, -0.05) is 15.9 Å². The molecule has 3 nitrogen and oxygen atoms in total. The Morgan fingerprint density at radius 3 is 2.93 bits per heavy atom. The van der Waals surface area contributed by atoms with Crippen molar-refractivity contribution in [3.8, 4) is 0 Å². The van der Waals surface area contributed by atoms with Crippen LogP contribution in [0, 0.1) is 5.92 Å². The van der Waals surface area contributed by atoms with Gasteiger partial charge in [0.15, 0.2) is 5.78 Å². The van der Waals surface area contributed by atoms with Gasteiger partial charge in [-0.2, -0.15) is 0 Å². The van der Waals surface area contributed by atoms with E-state index in [1.807, 2.05) is 6.07 Å². The van der Waals surface area contributed by atoms with E-state index >= 15 is 0 Å². The summed E-state index contributed by atoms with van der Waals surface area (Å²) in [6.07, 6.45) is 0.800. The molecule has 1 aliphatic heterocycles. The lowest BCUT2D eigenvalue weighted by molar-refractivity contribution is 0.0901. The van der Waals surface area contributed by atoms with Crippen molar-refractivity contribution in [2.75, 3.05) is 18.9 Å². The summed E-state index contributed by atoms with van der Waals surface area (Å²) >= 11 is 3.31. The third kappa shape index (κ3) is 2.21. The second-order valence-corrected chi connectivity index (χ2v) is 4.57. The number of carbonyl (C=O) groups excluding carboxylic acids is 1. The molecule has 1 fully saturated rings. The monoisotopic (exact) mass is 269 g/mol. The molecule has 0 spiro atoms. The predicted octanol–water partition coefficient (Wildman–Crippen LogP) is 2.25. The van der Waals surface area contributed by atoms with E-state index in [4.69, 9.17) is 10.5 Å². The smallest absolute Gasteiger partial charge is 0.170 e. The van der Waals surface area contributed by atoms with Crippen LogP contribution < -0.4 is 5.73 Å². The maximum absolute atomic E-state index is 12.0. The van der Waals surface area contributed by atoms with Crippen molar-refractivity contribution in [2.45, 2.75) is 6.42 Å². The molecule has 1 aromatic rings. The number of rotatable bonds is 2. The van der Waals surface area contributed by atoms with Crippen LogP contribution in [0.4, 0.5) is 5.69 Å². The summed E-state index contributed by atoms with van der Waals surface area (Å²) in [5.41, 5.74) is 6.93. The number of hydrogen-bond donors (Lipinski definition) is 1. The normalized spacial score (nSPS) is 20.5. The Morgan fingerprint density at radius 1 is 1.53 bits per heavy atom. The number of anilines is 1. The molecule has 0 amide bonds. The van der Waals surface area contributed by atoms with Gasteiger partial charge in [0.05, 0.1) is 6.61 Å². The Balaban J connectivity index is 2.24. The molecule has 1 saturated heterocycles. The largest absolute Gasteiger partial charge is 0.398 e. The maximum Gasteiger partial charge on any atom is 0.170 e. The summed E-state index contributed by atoms with van der Waals surface area (Å²) in [7, 11) is 0. The van der Waals surface area contributed by atoms with Gasteiger partial charge in [0.25, 0.3) is 0 Å². The molecule has 1 unspecified atom stereocenters. The number of nitrogen functional groups attached to an aromatic ring is 1. The highest BCUT2D eigenvalue weighted by Gasteiger charge is 2.25. The average Bonchev–Trinajstić information content (AvgIpc) is 2.69. The Labute approximate surface area is 96.7 Å². The molecule has 1 aromatic carbocycles. The topological polar surface area (TPSA) is 52.3 Å². The van der Waals surface area contributed by atoms with E-state index < -0.39 is 0 Å². The van der Waals surface area contributed by atoms with Crippen LogP contribution >= 0.6 is 15.9 Å². The molecule has 0 bridgehead atoms. The van der Waals surface area contributed by atoms with E-state index in [1.54, 1.807) is 12.1 Å². The summed E-state index contributed by atoms with van der Waals surface area (Å²) < 4.78 is 6.08. The first-order valence-electron chi connectivity index (χ1n) is 4.85. The zero-order chi connectivity index (χ0) is 10.8. The maximum atomic E-state index is 12.0. The number of ether oxygens (including phenoxy) is 1. The number of hydrogen-bond acceptors (Lipinski definition) is 3. The fourth-order valence-corrected chi connectivity index (χ4v) is 2.10.